The van der Waals surface area contributed by atoms with Crippen LogP contribution in [0.4, 0.5) is 0 Å². The number of para-hydroxylation sites is 1. The Morgan fingerprint density at radius 1 is 1.29 bits per heavy atom. The molecule has 0 unspecified atom stereocenters. The van der Waals surface area contributed by atoms with Crippen molar-refractivity contribution in [3.8, 4) is 5.75 Å². The van der Waals surface area contributed by atoms with Crippen LogP contribution in [0.25, 0.3) is 0 Å². The normalized spacial score (nSPS) is 10.5. The Morgan fingerprint density at radius 3 is 2.71 bits per heavy atom. The van der Waals surface area contributed by atoms with Crippen LogP contribution < -0.4 is 4.74 Å². The number of methoxy groups -OCH3 is 1. The molecule has 0 atom stereocenters. The minimum Gasteiger partial charge on any atom is -0.496 e. The first-order valence-electron chi connectivity index (χ1n) is 5.53. The SMILES string of the molecule is COc1ccccc1CCc1[nH]c(C)nc1Br. The second kappa shape index (κ2) is 5.36. The molecule has 0 amide bonds. The molecule has 0 fully saturated rings. The number of nitrogens with zero attached hydrogens (tertiary/aromatic N) is 1. The molecule has 0 radical (unpaired) electrons. The minimum absolute atomic E-state index is 0.907. The number of ether oxygens (including phenoxy) is 1. The largest absolute Gasteiger partial charge is 0.496 e. The van der Waals surface area contributed by atoms with Gasteiger partial charge in [0.05, 0.1) is 7.11 Å². The van der Waals surface area contributed by atoms with Crippen molar-refractivity contribution in [2.45, 2.75) is 19.8 Å². The Labute approximate surface area is 109 Å². The van der Waals surface area contributed by atoms with E-state index in [1.807, 2.05) is 25.1 Å². The van der Waals surface area contributed by atoms with Gasteiger partial charge in [-0.15, -0.1) is 0 Å². The van der Waals surface area contributed by atoms with E-state index in [9.17, 15) is 0 Å². The zero-order valence-electron chi connectivity index (χ0n) is 9.96. The summed E-state index contributed by atoms with van der Waals surface area (Å²) in [7, 11) is 1.70. The van der Waals surface area contributed by atoms with E-state index in [2.05, 4.69) is 32.0 Å². The lowest BCUT2D eigenvalue weighted by atomic mass is 10.1. The van der Waals surface area contributed by atoms with Gasteiger partial charge < -0.3 is 9.72 Å². The molecule has 90 valence electrons. The number of hydrogen-bond acceptors (Lipinski definition) is 2. The fourth-order valence-corrected chi connectivity index (χ4v) is 2.41. The molecule has 3 nitrogen and oxygen atoms in total. The lowest BCUT2D eigenvalue weighted by molar-refractivity contribution is 0.409. The number of benzene rings is 1. The van der Waals surface area contributed by atoms with Crippen molar-refractivity contribution >= 4 is 15.9 Å². The molecule has 17 heavy (non-hydrogen) atoms. The molecule has 2 rings (SSSR count). The molecule has 0 spiro atoms. The number of hydrogen-bond donors (Lipinski definition) is 1. The van der Waals surface area contributed by atoms with Crippen molar-refractivity contribution in [1.29, 1.82) is 0 Å². The maximum absolute atomic E-state index is 5.33. The Morgan fingerprint density at radius 2 is 2.06 bits per heavy atom. The third-order valence-electron chi connectivity index (χ3n) is 2.68. The molecule has 0 saturated carbocycles. The van der Waals surface area contributed by atoms with Gasteiger partial charge in [0.1, 0.15) is 16.2 Å². The molecule has 4 heteroatoms. The lowest BCUT2D eigenvalue weighted by Crippen LogP contribution is -1.96. The van der Waals surface area contributed by atoms with Gasteiger partial charge in [-0.3, -0.25) is 0 Å². The van der Waals surface area contributed by atoms with Gasteiger partial charge in [-0.05, 0) is 47.3 Å². The first-order chi connectivity index (χ1) is 8.20. The molecule has 0 aliphatic carbocycles. The molecule has 2 aromatic rings. The van der Waals surface area contributed by atoms with Crippen molar-refractivity contribution in [2.75, 3.05) is 7.11 Å². The van der Waals surface area contributed by atoms with Crippen LogP contribution in [0.1, 0.15) is 17.1 Å². The van der Waals surface area contributed by atoms with Gasteiger partial charge in [0.15, 0.2) is 0 Å². The van der Waals surface area contributed by atoms with Gasteiger partial charge in [-0.1, -0.05) is 18.2 Å². The molecule has 0 aliphatic heterocycles. The Hall–Kier alpha value is -1.29. The first kappa shape index (κ1) is 12.2. The van der Waals surface area contributed by atoms with Crippen molar-refractivity contribution < 1.29 is 4.74 Å². The van der Waals surface area contributed by atoms with E-state index in [1.54, 1.807) is 7.11 Å². The highest BCUT2D eigenvalue weighted by atomic mass is 79.9. The van der Waals surface area contributed by atoms with Crippen LogP contribution in [-0.2, 0) is 12.8 Å². The number of rotatable bonds is 4. The van der Waals surface area contributed by atoms with E-state index in [1.165, 1.54) is 5.56 Å². The lowest BCUT2D eigenvalue weighted by Gasteiger charge is -2.07. The zero-order valence-corrected chi connectivity index (χ0v) is 11.5. The average molecular weight is 295 g/mol. The number of H-pyrrole nitrogens is 1. The Kier molecular flexibility index (Phi) is 3.84. The summed E-state index contributed by atoms with van der Waals surface area (Å²) < 4.78 is 6.24. The van der Waals surface area contributed by atoms with E-state index >= 15 is 0 Å². The smallest absolute Gasteiger partial charge is 0.127 e. The van der Waals surface area contributed by atoms with Gasteiger partial charge >= 0.3 is 0 Å². The minimum atomic E-state index is 0.907. The predicted octanol–water partition coefficient (Wildman–Crippen LogP) is 3.27. The van der Waals surface area contributed by atoms with Crippen LogP contribution in [-0.4, -0.2) is 17.1 Å². The van der Waals surface area contributed by atoms with Crippen molar-refractivity contribution in [3.05, 3.63) is 46.0 Å². The van der Waals surface area contributed by atoms with Crippen LogP contribution >= 0.6 is 15.9 Å². The van der Waals surface area contributed by atoms with Gasteiger partial charge in [-0.2, -0.15) is 0 Å². The van der Waals surface area contributed by atoms with Gasteiger partial charge in [-0.25, -0.2) is 4.98 Å². The molecular formula is C13H15BrN2O. The van der Waals surface area contributed by atoms with E-state index in [4.69, 9.17) is 4.74 Å². The molecule has 1 N–H and O–H groups in total. The summed E-state index contributed by atoms with van der Waals surface area (Å²) in [6.07, 6.45) is 1.85. The quantitative estimate of drug-likeness (QED) is 0.940. The number of aromatic nitrogens is 2. The highest BCUT2D eigenvalue weighted by Gasteiger charge is 2.07. The summed E-state index contributed by atoms with van der Waals surface area (Å²) in [6.45, 7) is 1.96. The highest BCUT2D eigenvalue weighted by Crippen LogP contribution is 2.21. The average Bonchev–Trinajstić information content (AvgIpc) is 2.65. The summed E-state index contributed by atoms with van der Waals surface area (Å²) in [5.41, 5.74) is 2.35. The Balaban J connectivity index is 2.09. The van der Waals surface area contributed by atoms with Gasteiger partial charge in [0.25, 0.3) is 0 Å². The topological polar surface area (TPSA) is 37.9 Å². The summed E-state index contributed by atoms with van der Waals surface area (Å²) in [6, 6.07) is 8.10. The maximum Gasteiger partial charge on any atom is 0.127 e. The Bertz CT molecular complexity index is 508. The predicted molar refractivity (Wildman–Crippen MR) is 71.4 cm³/mol. The fraction of sp³-hybridized carbons (Fsp3) is 0.308. The third kappa shape index (κ3) is 2.88. The van der Waals surface area contributed by atoms with Crippen LogP contribution in [0.2, 0.25) is 0 Å². The molecule has 1 aromatic carbocycles. The summed E-state index contributed by atoms with van der Waals surface area (Å²) in [5, 5.41) is 0. The van der Waals surface area contributed by atoms with Crippen LogP contribution in [0.3, 0.4) is 0 Å². The molecule has 0 aliphatic rings. The summed E-state index contributed by atoms with van der Waals surface area (Å²) >= 11 is 3.45. The van der Waals surface area contributed by atoms with E-state index in [-0.39, 0.29) is 0 Å². The first-order valence-corrected chi connectivity index (χ1v) is 6.33. The third-order valence-corrected chi connectivity index (χ3v) is 3.34. The van der Waals surface area contributed by atoms with E-state index in [0.717, 1.165) is 34.7 Å². The molecule has 1 heterocycles. The second-order valence-corrected chi connectivity index (χ2v) is 4.65. The number of aryl methyl sites for hydroxylation is 3. The summed E-state index contributed by atoms with van der Waals surface area (Å²) in [4.78, 5) is 7.55. The van der Waals surface area contributed by atoms with E-state index < -0.39 is 0 Å². The monoisotopic (exact) mass is 294 g/mol. The maximum atomic E-state index is 5.33. The van der Waals surface area contributed by atoms with Crippen LogP contribution in [0.15, 0.2) is 28.9 Å². The van der Waals surface area contributed by atoms with E-state index in [0.29, 0.717) is 0 Å². The standard InChI is InChI=1S/C13H15BrN2O/c1-9-15-11(13(14)16-9)8-7-10-5-3-4-6-12(10)17-2/h3-6H,7-8H2,1-2H3,(H,15,16). The number of aromatic amines is 1. The van der Waals surface area contributed by atoms with Crippen molar-refractivity contribution in [3.63, 3.8) is 0 Å². The highest BCUT2D eigenvalue weighted by molar-refractivity contribution is 9.10. The number of imidazole rings is 1. The van der Waals surface area contributed by atoms with Crippen LogP contribution in [0.5, 0.6) is 5.75 Å². The molecular weight excluding hydrogens is 280 g/mol. The van der Waals surface area contributed by atoms with Gasteiger partial charge in [0.2, 0.25) is 0 Å². The summed E-state index contributed by atoms with van der Waals surface area (Å²) in [5.74, 6) is 1.88. The van der Waals surface area contributed by atoms with Crippen molar-refractivity contribution in [2.24, 2.45) is 0 Å². The molecule has 1 aromatic heterocycles. The van der Waals surface area contributed by atoms with Crippen LogP contribution in [0, 0.1) is 6.92 Å². The molecule has 0 saturated heterocycles. The fourth-order valence-electron chi connectivity index (χ4n) is 1.85. The molecule has 0 bridgehead atoms. The zero-order chi connectivity index (χ0) is 12.3. The van der Waals surface area contributed by atoms with Crippen molar-refractivity contribution in [1.82, 2.24) is 9.97 Å². The number of nitrogens with one attached hydrogen (secondary N) is 1. The van der Waals surface area contributed by atoms with Gasteiger partial charge in [0, 0.05) is 5.69 Å². The number of halogens is 1. The second-order valence-electron chi connectivity index (χ2n) is 3.90.